The van der Waals surface area contributed by atoms with Crippen LogP contribution < -0.4 is 4.72 Å². The molecule has 1 aromatic carbocycles. The molecule has 0 radical (unpaired) electrons. The number of hydrogen-bond acceptors (Lipinski definition) is 7. The van der Waals surface area contributed by atoms with Gasteiger partial charge in [0.25, 0.3) is 21.8 Å². The molecular formula is C23H21N3O6S. The fraction of sp³-hybridized carbons (Fsp3) is 0.217. The summed E-state index contributed by atoms with van der Waals surface area (Å²) in [5, 5.41) is 9.39. The Kier molecular flexibility index (Phi) is 6.65. The van der Waals surface area contributed by atoms with Gasteiger partial charge in [-0.2, -0.15) is 5.26 Å². The Morgan fingerprint density at radius 1 is 1.15 bits per heavy atom. The highest BCUT2D eigenvalue weighted by molar-refractivity contribution is 7.90. The van der Waals surface area contributed by atoms with Crippen LogP contribution in [0.15, 0.2) is 62.4 Å². The maximum absolute atomic E-state index is 12.9. The molecule has 0 bridgehead atoms. The number of sulfonamides is 1. The van der Waals surface area contributed by atoms with Crippen LogP contribution in [0.3, 0.4) is 0 Å². The van der Waals surface area contributed by atoms with Gasteiger partial charge in [0.05, 0.1) is 4.90 Å². The lowest BCUT2D eigenvalue weighted by Crippen LogP contribution is -2.43. The minimum Gasteiger partial charge on any atom is -0.457 e. The largest absolute Gasteiger partial charge is 0.457 e. The number of furan rings is 1. The van der Waals surface area contributed by atoms with Crippen LogP contribution in [0.5, 0.6) is 0 Å². The van der Waals surface area contributed by atoms with Crippen molar-refractivity contribution in [3.05, 3.63) is 58.9 Å². The number of carbonyl (C=O) groups is 3. The summed E-state index contributed by atoms with van der Waals surface area (Å²) < 4.78 is 31.8. The summed E-state index contributed by atoms with van der Waals surface area (Å²) in [6.07, 6.45) is 2.03. The first-order valence-corrected chi connectivity index (χ1v) is 11.5. The van der Waals surface area contributed by atoms with E-state index in [2.05, 4.69) is 0 Å². The lowest BCUT2D eigenvalue weighted by molar-refractivity contribution is -0.140. The summed E-state index contributed by atoms with van der Waals surface area (Å²) in [7, 11) is -3.95. The molecule has 0 aliphatic carbocycles. The van der Waals surface area contributed by atoms with Gasteiger partial charge in [-0.25, -0.2) is 13.1 Å². The Morgan fingerprint density at radius 2 is 1.82 bits per heavy atom. The van der Waals surface area contributed by atoms with Crippen molar-refractivity contribution >= 4 is 33.8 Å². The van der Waals surface area contributed by atoms with Crippen LogP contribution >= 0.6 is 0 Å². The van der Waals surface area contributed by atoms with E-state index in [1.54, 1.807) is 19.1 Å². The summed E-state index contributed by atoms with van der Waals surface area (Å²) in [6.45, 7) is 4.68. The lowest BCUT2D eigenvalue weighted by Gasteiger charge is -2.26. The first-order valence-electron chi connectivity index (χ1n) is 10.0. The summed E-state index contributed by atoms with van der Waals surface area (Å²) in [5.41, 5.74) is 0.962. The number of hydrogen-bond donors (Lipinski definition) is 1. The van der Waals surface area contributed by atoms with Gasteiger partial charge in [-0.3, -0.25) is 19.3 Å². The van der Waals surface area contributed by atoms with Crippen LogP contribution in [0.1, 0.15) is 33.0 Å². The van der Waals surface area contributed by atoms with Gasteiger partial charge < -0.3 is 4.42 Å². The van der Waals surface area contributed by atoms with E-state index in [9.17, 15) is 28.1 Å². The molecule has 3 rings (SSSR count). The van der Waals surface area contributed by atoms with Gasteiger partial charge in [0, 0.05) is 24.6 Å². The quantitative estimate of drug-likeness (QED) is 0.509. The number of benzene rings is 1. The lowest BCUT2D eigenvalue weighted by atomic mass is 9.94. The Morgan fingerprint density at radius 3 is 2.39 bits per heavy atom. The van der Waals surface area contributed by atoms with Gasteiger partial charge in [0.1, 0.15) is 23.2 Å². The average Bonchev–Trinajstić information content (AvgIpc) is 3.22. The molecule has 0 atom stereocenters. The monoisotopic (exact) mass is 467 g/mol. The second kappa shape index (κ2) is 9.26. The van der Waals surface area contributed by atoms with Crippen LogP contribution in [-0.2, 0) is 24.4 Å². The molecule has 1 aliphatic rings. The van der Waals surface area contributed by atoms with Crippen molar-refractivity contribution in [3.63, 3.8) is 0 Å². The van der Waals surface area contributed by atoms with Crippen LogP contribution in [0.2, 0.25) is 0 Å². The molecule has 1 N–H and O–H groups in total. The first kappa shape index (κ1) is 23.7. The van der Waals surface area contributed by atoms with E-state index in [0.29, 0.717) is 23.5 Å². The molecule has 10 heteroatoms. The molecule has 1 aliphatic heterocycles. The number of nitriles is 1. The number of carbonyl (C=O) groups excluding carboxylic acids is 3. The molecule has 0 saturated carbocycles. The van der Waals surface area contributed by atoms with Crippen LogP contribution in [-0.4, -0.2) is 37.6 Å². The van der Waals surface area contributed by atoms with E-state index < -0.39 is 27.7 Å². The Balaban J connectivity index is 1.93. The van der Waals surface area contributed by atoms with E-state index in [4.69, 9.17) is 4.42 Å². The predicted octanol–water partition coefficient (Wildman–Crippen LogP) is 2.77. The molecule has 3 amide bonds. The molecule has 1 aromatic heterocycles. The van der Waals surface area contributed by atoms with Gasteiger partial charge in [-0.15, -0.1) is 0 Å². The molecule has 2 aromatic rings. The molecule has 170 valence electrons. The molecule has 33 heavy (non-hydrogen) atoms. The zero-order valence-electron chi connectivity index (χ0n) is 18.2. The molecule has 0 saturated heterocycles. The van der Waals surface area contributed by atoms with Crippen LogP contribution in [0, 0.1) is 11.3 Å². The van der Waals surface area contributed by atoms with E-state index in [1.807, 2.05) is 17.7 Å². The molecule has 0 unspecified atom stereocenters. The van der Waals surface area contributed by atoms with Gasteiger partial charge in [-0.1, -0.05) is 6.92 Å². The second-order valence-electron chi connectivity index (χ2n) is 7.32. The summed E-state index contributed by atoms with van der Waals surface area (Å²) in [6, 6.07) is 10.9. The number of nitrogens with zero attached hydrogens (tertiary/aromatic N) is 2. The first-order chi connectivity index (χ1) is 15.6. The van der Waals surface area contributed by atoms with Crippen molar-refractivity contribution in [1.82, 2.24) is 9.62 Å². The van der Waals surface area contributed by atoms with Gasteiger partial charge in [0.15, 0.2) is 0 Å². The highest BCUT2D eigenvalue weighted by atomic mass is 32.2. The third kappa shape index (κ3) is 4.78. The topological polar surface area (TPSA) is 138 Å². The van der Waals surface area contributed by atoms with Crippen molar-refractivity contribution in [2.75, 3.05) is 6.54 Å². The highest BCUT2D eigenvalue weighted by Crippen LogP contribution is 2.29. The number of rotatable bonds is 6. The molecule has 2 heterocycles. The van der Waals surface area contributed by atoms with Crippen LogP contribution in [0.4, 0.5) is 0 Å². The fourth-order valence-corrected chi connectivity index (χ4v) is 4.32. The van der Waals surface area contributed by atoms with Crippen molar-refractivity contribution in [3.8, 4) is 17.4 Å². The van der Waals surface area contributed by atoms with E-state index in [0.717, 1.165) is 11.8 Å². The Labute approximate surface area is 191 Å². The maximum Gasteiger partial charge on any atom is 0.271 e. The van der Waals surface area contributed by atoms with Gasteiger partial charge in [0.2, 0.25) is 5.91 Å². The third-order valence-corrected chi connectivity index (χ3v) is 6.36. The zero-order chi connectivity index (χ0) is 24.3. The highest BCUT2D eigenvalue weighted by Gasteiger charge is 2.35. The van der Waals surface area contributed by atoms with Crippen LogP contribution in [0.25, 0.3) is 17.4 Å². The standard InChI is InChI=1S/C23H21N3O6S/c1-4-11-26-22(28)19(14(2)20(13-24)23(26)29)12-17-7-10-21(32-17)16-5-8-18(9-6-16)33(30,31)25-15(3)27/h5-10,12H,4,11H2,1-3H3,(H,25,27)/b19-12-. The summed E-state index contributed by atoms with van der Waals surface area (Å²) >= 11 is 0. The predicted molar refractivity (Wildman–Crippen MR) is 118 cm³/mol. The van der Waals surface area contributed by atoms with E-state index >= 15 is 0 Å². The molecule has 0 spiro atoms. The Bertz CT molecular complexity index is 1340. The SMILES string of the molecule is CCCN1C(=O)C(C#N)=C(C)/C(=C/c2ccc(-c3ccc(S(=O)(=O)NC(C)=O)cc3)o2)C1=O. The average molecular weight is 468 g/mol. The van der Waals surface area contributed by atoms with Crippen molar-refractivity contribution in [1.29, 1.82) is 5.26 Å². The summed E-state index contributed by atoms with van der Waals surface area (Å²) in [4.78, 5) is 37.3. The minimum absolute atomic E-state index is 0.0753. The number of imide groups is 1. The number of amides is 3. The van der Waals surface area contributed by atoms with Crippen molar-refractivity contribution in [2.24, 2.45) is 0 Å². The third-order valence-electron chi connectivity index (χ3n) is 4.91. The smallest absolute Gasteiger partial charge is 0.271 e. The molecular weight excluding hydrogens is 446 g/mol. The fourth-order valence-electron chi connectivity index (χ4n) is 3.33. The molecule has 9 nitrogen and oxygen atoms in total. The normalized spacial score (nSPS) is 15.7. The zero-order valence-corrected chi connectivity index (χ0v) is 19.0. The van der Waals surface area contributed by atoms with Gasteiger partial charge in [-0.05, 0) is 61.4 Å². The Hall–Kier alpha value is -3.97. The molecule has 0 fully saturated rings. The second-order valence-corrected chi connectivity index (χ2v) is 9.00. The van der Waals surface area contributed by atoms with Gasteiger partial charge >= 0.3 is 0 Å². The maximum atomic E-state index is 12.9. The summed E-state index contributed by atoms with van der Waals surface area (Å²) in [5.74, 6) is -1.05. The van der Waals surface area contributed by atoms with Crippen molar-refractivity contribution < 1.29 is 27.2 Å². The van der Waals surface area contributed by atoms with Crippen molar-refractivity contribution in [2.45, 2.75) is 32.1 Å². The number of nitrogens with one attached hydrogen (secondary N) is 1. The minimum atomic E-state index is -3.95. The van der Waals surface area contributed by atoms with E-state index in [1.165, 1.54) is 30.3 Å². The van der Waals surface area contributed by atoms with E-state index in [-0.39, 0.29) is 28.2 Å².